The fourth-order valence-electron chi connectivity index (χ4n) is 2.24. The van der Waals surface area contributed by atoms with Crippen molar-refractivity contribution in [3.63, 3.8) is 0 Å². The summed E-state index contributed by atoms with van der Waals surface area (Å²) >= 11 is 0. The first-order chi connectivity index (χ1) is 12.9. The van der Waals surface area contributed by atoms with E-state index in [1.54, 1.807) is 14.1 Å². The highest BCUT2D eigenvalue weighted by molar-refractivity contribution is 7.90. The van der Waals surface area contributed by atoms with Crippen LogP contribution < -0.4 is 4.74 Å². The molecule has 0 fully saturated rings. The molecule has 0 aliphatic heterocycles. The third-order valence-corrected chi connectivity index (χ3v) is 4.85. The second-order valence-electron chi connectivity index (χ2n) is 6.62. The molecule has 0 bridgehead atoms. The van der Waals surface area contributed by atoms with E-state index in [0.717, 1.165) is 12.4 Å². The number of benzene rings is 1. The number of hydrogen-bond donors (Lipinski definition) is 1. The Morgan fingerprint density at radius 1 is 1.29 bits per heavy atom. The van der Waals surface area contributed by atoms with Crippen molar-refractivity contribution < 1.29 is 27.4 Å². The molecule has 2 rings (SSSR count). The first-order valence-electron chi connectivity index (χ1n) is 8.06. The Kier molecular flexibility index (Phi) is 6.03. The number of sulfonamides is 1. The van der Waals surface area contributed by atoms with Crippen LogP contribution in [0.4, 0.5) is 9.18 Å². The summed E-state index contributed by atoms with van der Waals surface area (Å²) in [4.78, 5) is 15.9. The van der Waals surface area contributed by atoms with Crippen LogP contribution >= 0.6 is 0 Å². The molecule has 0 amide bonds. The zero-order valence-corrected chi connectivity index (χ0v) is 16.6. The minimum absolute atomic E-state index is 0.187. The van der Waals surface area contributed by atoms with Crippen LogP contribution in [0.1, 0.15) is 19.4 Å². The average molecular weight is 409 g/mol. The molecule has 0 aliphatic rings. The highest BCUT2D eigenvalue weighted by atomic mass is 32.2. The fraction of sp³-hybridized carbons (Fsp3) is 0.278. The van der Waals surface area contributed by atoms with Crippen LogP contribution in [0, 0.1) is 0 Å². The molecule has 1 heterocycles. The van der Waals surface area contributed by atoms with Gasteiger partial charge < -0.3 is 14.7 Å². The fourth-order valence-corrected chi connectivity index (χ4v) is 3.40. The van der Waals surface area contributed by atoms with Gasteiger partial charge in [-0.3, -0.25) is 4.98 Å². The summed E-state index contributed by atoms with van der Waals surface area (Å²) in [6.07, 6.45) is 2.25. The molecule has 150 valence electrons. The zero-order chi connectivity index (χ0) is 21.1. The number of hydrogen-bond acceptors (Lipinski definition) is 5. The number of halogens is 1. The molecule has 1 N–H and O–H groups in total. The lowest BCUT2D eigenvalue weighted by Gasteiger charge is -2.16. The highest BCUT2D eigenvalue weighted by Gasteiger charge is 2.23. The van der Waals surface area contributed by atoms with Crippen LogP contribution in [0.25, 0.3) is 11.1 Å². The van der Waals surface area contributed by atoms with Crippen molar-refractivity contribution in [3.8, 4) is 16.9 Å². The molecule has 2 aromatic rings. The van der Waals surface area contributed by atoms with Crippen molar-refractivity contribution in [3.05, 3.63) is 42.2 Å². The van der Waals surface area contributed by atoms with E-state index < -0.39 is 21.8 Å². The smallest absolute Gasteiger partial charge is 0.449 e. The second kappa shape index (κ2) is 7.93. The molecule has 0 unspecified atom stereocenters. The van der Waals surface area contributed by atoms with Gasteiger partial charge in [0.1, 0.15) is 22.7 Å². The van der Waals surface area contributed by atoms with Crippen molar-refractivity contribution in [2.24, 2.45) is 4.40 Å². The van der Waals surface area contributed by atoms with Crippen molar-refractivity contribution in [1.29, 1.82) is 0 Å². The largest absolute Gasteiger partial charge is 0.511 e. The number of nitrogens with zero attached hydrogens (tertiary/aromatic N) is 3. The lowest BCUT2D eigenvalue weighted by atomic mass is 9.98. The van der Waals surface area contributed by atoms with E-state index in [2.05, 4.69) is 14.1 Å². The van der Waals surface area contributed by atoms with Crippen molar-refractivity contribution in [1.82, 2.24) is 9.88 Å². The van der Waals surface area contributed by atoms with Gasteiger partial charge in [-0.2, -0.15) is 8.42 Å². The van der Waals surface area contributed by atoms with E-state index in [4.69, 9.17) is 5.11 Å². The van der Waals surface area contributed by atoms with Gasteiger partial charge in [-0.05, 0) is 32.0 Å². The summed E-state index contributed by atoms with van der Waals surface area (Å²) < 4.78 is 47.9. The monoisotopic (exact) mass is 409 g/mol. The summed E-state index contributed by atoms with van der Waals surface area (Å²) in [5, 5.41) is 8.79. The molecule has 28 heavy (non-hydrogen) atoms. The SMILES string of the molecule is CN(C)/C=N/S(=O)(=O)c1cc(OC(=O)O)ccc1-c1cncc(C(C)(C)F)c1. The van der Waals surface area contributed by atoms with Gasteiger partial charge in [0.25, 0.3) is 10.0 Å². The van der Waals surface area contributed by atoms with Crippen LogP contribution in [-0.2, 0) is 15.7 Å². The van der Waals surface area contributed by atoms with Crippen molar-refractivity contribution in [2.75, 3.05) is 14.1 Å². The highest BCUT2D eigenvalue weighted by Crippen LogP contribution is 2.34. The maximum atomic E-state index is 14.3. The molecule has 1 aromatic carbocycles. The number of alkyl halides is 1. The van der Waals surface area contributed by atoms with E-state index in [0.29, 0.717) is 5.56 Å². The predicted molar refractivity (Wildman–Crippen MR) is 102 cm³/mol. The topological polar surface area (TPSA) is 109 Å². The van der Waals surface area contributed by atoms with E-state index >= 15 is 0 Å². The van der Waals surface area contributed by atoms with Crippen LogP contribution in [0.3, 0.4) is 0 Å². The Bertz CT molecular complexity index is 1010. The van der Waals surface area contributed by atoms with E-state index in [1.807, 2.05) is 0 Å². The number of carboxylic acid groups (broad SMARTS) is 1. The predicted octanol–water partition coefficient (Wildman–Crippen LogP) is 3.29. The summed E-state index contributed by atoms with van der Waals surface area (Å²) in [7, 11) is -1.01. The zero-order valence-electron chi connectivity index (χ0n) is 15.7. The molecule has 0 saturated carbocycles. The number of ether oxygens (including phenoxy) is 1. The van der Waals surface area contributed by atoms with Gasteiger partial charge in [-0.15, -0.1) is 4.40 Å². The molecular formula is C18H20FN3O5S. The van der Waals surface area contributed by atoms with Crippen LogP contribution in [0.15, 0.2) is 46.0 Å². The second-order valence-corrected chi connectivity index (χ2v) is 8.22. The summed E-state index contributed by atoms with van der Waals surface area (Å²) in [6, 6.07) is 5.20. The van der Waals surface area contributed by atoms with Gasteiger partial charge in [0.15, 0.2) is 0 Å². The van der Waals surface area contributed by atoms with Gasteiger partial charge in [0, 0.05) is 49.2 Å². The Balaban J connectivity index is 2.69. The lowest BCUT2D eigenvalue weighted by molar-refractivity contribution is 0.144. The number of carbonyl (C=O) groups is 1. The van der Waals surface area contributed by atoms with Crippen molar-refractivity contribution in [2.45, 2.75) is 24.4 Å². The van der Waals surface area contributed by atoms with Gasteiger partial charge >= 0.3 is 6.16 Å². The standard InChI is InChI=1S/C18H20FN3O5S/c1-18(2,19)13-7-12(9-20-10-13)15-6-5-14(27-17(23)24)8-16(15)28(25,26)21-11-22(3)4/h5-11H,1-4H3,(H,23,24)/b21-11+. The van der Waals surface area contributed by atoms with Crippen LogP contribution in [0.2, 0.25) is 0 Å². The van der Waals surface area contributed by atoms with Gasteiger partial charge in [-0.1, -0.05) is 0 Å². The van der Waals surface area contributed by atoms with Crippen LogP contribution in [-0.4, -0.2) is 50.0 Å². The molecular weight excluding hydrogens is 389 g/mol. The van der Waals surface area contributed by atoms with Crippen molar-refractivity contribution >= 4 is 22.5 Å². The van der Waals surface area contributed by atoms with E-state index in [9.17, 15) is 17.6 Å². The maximum absolute atomic E-state index is 14.3. The molecule has 0 spiro atoms. The van der Waals surface area contributed by atoms with E-state index in [1.165, 1.54) is 49.3 Å². The number of rotatable bonds is 6. The van der Waals surface area contributed by atoms with E-state index in [-0.39, 0.29) is 21.8 Å². The Morgan fingerprint density at radius 3 is 2.54 bits per heavy atom. The average Bonchev–Trinajstić information content (AvgIpc) is 2.59. The minimum atomic E-state index is -4.21. The molecule has 0 saturated heterocycles. The molecule has 8 nitrogen and oxygen atoms in total. The first-order valence-corrected chi connectivity index (χ1v) is 9.51. The molecule has 0 aliphatic carbocycles. The minimum Gasteiger partial charge on any atom is -0.449 e. The Hall–Kier alpha value is -3.01. The quantitative estimate of drug-likeness (QED) is 0.337. The Labute approximate surface area is 162 Å². The summed E-state index contributed by atoms with van der Waals surface area (Å²) in [5.74, 6) is -0.190. The lowest BCUT2D eigenvalue weighted by Crippen LogP contribution is -2.11. The van der Waals surface area contributed by atoms with Gasteiger partial charge in [0.2, 0.25) is 0 Å². The normalized spacial score (nSPS) is 12.2. The molecule has 0 radical (unpaired) electrons. The van der Waals surface area contributed by atoms with Crippen LogP contribution in [0.5, 0.6) is 5.75 Å². The van der Waals surface area contributed by atoms with Gasteiger partial charge in [0.05, 0.1) is 0 Å². The summed E-state index contributed by atoms with van der Waals surface area (Å²) in [6.45, 7) is 2.72. The number of aromatic nitrogens is 1. The third kappa shape index (κ3) is 5.26. The third-order valence-electron chi connectivity index (χ3n) is 3.59. The summed E-state index contributed by atoms with van der Waals surface area (Å²) in [5.41, 5.74) is -0.899. The number of pyridine rings is 1. The Morgan fingerprint density at radius 2 is 1.96 bits per heavy atom. The molecule has 0 atom stereocenters. The molecule has 1 aromatic heterocycles. The maximum Gasteiger partial charge on any atom is 0.511 e. The molecule has 10 heteroatoms. The van der Waals surface area contributed by atoms with Gasteiger partial charge in [-0.25, -0.2) is 9.18 Å². The first kappa shape index (κ1) is 21.3.